The molecule has 0 aliphatic carbocycles. The Labute approximate surface area is 118 Å². The monoisotopic (exact) mass is 267 g/mol. The summed E-state index contributed by atoms with van der Waals surface area (Å²) in [5.74, 6) is 1.65. The standard InChI is InChI=1S/C16H17N3O/c1-18(2)12-5-4-6-13(9-12)20-14-7-8-15-16(10-14)19(3)11-17-15/h4-11H,1-3H3. The summed E-state index contributed by atoms with van der Waals surface area (Å²) in [6, 6.07) is 13.9. The molecule has 4 nitrogen and oxygen atoms in total. The highest BCUT2D eigenvalue weighted by Gasteiger charge is 2.04. The van der Waals surface area contributed by atoms with Gasteiger partial charge in [0.25, 0.3) is 0 Å². The van der Waals surface area contributed by atoms with Crippen molar-refractivity contribution in [3.63, 3.8) is 0 Å². The van der Waals surface area contributed by atoms with E-state index in [0.29, 0.717) is 0 Å². The highest BCUT2D eigenvalue weighted by Crippen LogP contribution is 2.27. The minimum absolute atomic E-state index is 0.817. The van der Waals surface area contributed by atoms with Crippen molar-refractivity contribution in [1.82, 2.24) is 9.55 Å². The third kappa shape index (κ3) is 2.32. The van der Waals surface area contributed by atoms with E-state index in [-0.39, 0.29) is 0 Å². The number of fused-ring (bicyclic) bond motifs is 1. The van der Waals surface area contributed by atoms with Gasteiger partial charge in [0.2, 0.25) is 0 Å². The van der Waals surface area contributed by atoms with Crippen LogP contribution in [0.25, 0.3) is 11.0 Å². The molecule has 2 aromatic carbocycles. The van der Waals surface area contributed by atoms with Crippen molar-refractivity contribution in [2.24, 2.45) is 7.05 Å². The molecule has 0 spiro atoms. The lowest BCUT2D eigenvalue weighted by Crippen LogP contribution is -2.08. The van der Waals surface area contributed by atoms with E-state index in [1.165, 1.54) is 0 Å². The predicted molar refractivity (Wildman–Crippen MR) is 81.6 cm³/mol. The van der Waals surface area contributed by atoms with Crippen LogP contribution in [0, 0.1) is 0 Å². The third-order valence-electron chi connectivity index (χ3n) is 3.27. The van der Waals surface area contributed by atoms with Crippen molar-refractivity contribution in [1.29, 1.82) is 0 Å². The number of imidazole rings is 1. The fourth-order valence-corrected chi connectivity index (χ4v) is 2.13. The first kappa shape index (κ1) is 12.5. The lowest BCUT2D eigenvalue weighted by molar-refractivity contribution is 0.483. The Balaban J connectivity index is 1.92. The van der Waals surface area contributed by atoms with Crippen molar-refractivity contribution in [2.45, 2.75) is 0 Å². The minimum Gasteiger partial charge on any atom is -0.457 e. The molecule has 0 radical (unpaired) electrons. The molecule has 0 saturated heterocycles. The Morgan fingerprint density at radius 3 is 2.65 bits per heavy atom. The molecular formula is C16H17N3O. The molecule has 0 amide bonds. The molecule has 0 atom stereocenters. The molecule has 102 valence electrons. The van der Waals surface area contributed by atoms with E-state index in [4.69, 9.17) is 4.74 Å². The smallest absolute Gasteiger partial charge is 0.129 e. The SMILES string of the molecule is CN(C)c1cccc(Oc2ccc3ncn(C)c3c2)c1. The molecule has 20 heavy (non-hydrogen) atoms. The van der Waals surface area contributed by atoms with Gasteiger partial charge >= 0.3 is 0 Å². The molecule has 1 aromatic heterocycles. The highest BCUT2D eigenvalue weighted by atomic mass is 16.5. The summed E-state index contributed by atoms with van der Waals surface area (Å²) in [5, 5.41) is 0. The van der Waals surface area contributed by atoms with Gasteiger partial charge in [-0.05, 0) is 24.3 Å². The Hall–Kier alpha value is -2.49. The average Bonchev–Trinajstić information content (AvgIpc) is 2.81. The Bertz CT molecular complexity index is 746. The van der Waals surface area contributed by atoms with Crippen LogP contribution in [0.4, 0.5) is 5.69 Å². The Kier molecular flexibility index (Phi) is 3.06. The van der Waals surface area contributed by atoms with Crippen LogP contribution in [-0.4, -0.2) is 23.6 Å². The van der Waals surface area contributed by atoms with Crippen LogP contribution in [0.15, 0.2) is 48.8 Å². The number of anilines is 1. The normalized spacial score (nSPS) is 10.8. The number of nitrogens with zero attached hydrogens (tertiary/aromatic N) is 3. The van der Waals surface area contributed by atoms with Crippen molar-refractivity contribution < 1.29 is 4.74 Å². The summed E-state index contributed by atoms with van der Waals surface area (Å²) < 4.78 is 7.92. The topological polar surface area (TPSA) is 30.3 Å². The lowest BCUT2D eigenvalue weighted by atomic mass is 10.2. The molecular weight excluding hydrogens is 250 g/mol. The molecule has 3 aromatic rings. The molecule has 3 rings (SSSR count). The van der Waals surface area contributed by atoms with E-state index < -0.39 is 0 Å². The van der Waals surface area contributed by atoms with Gasteiger partial charge in [-0.3, -0.25) is 0 Å². The minimum atomic E-state index is 0.817. The number of rotatable bonds is 3. The average molecular weight is 267 g/mol. The van der Waals surface area contributed by atoms with Crippen LogP contribution in [-0.2, 0) is 7.05 Å². The second-order valence-corrected chi connectivity index (χ2v) is 5.00. The van der Waals surface area contributed by atoms with E-state index in [1.54, 1.807) is 6.33 Å². The first-order chi connectivity index (χ1) is 9.63. The van der Waals surface area contributed by atoms with E-state index >= 15 is 0 Å². The zero-order valence-corrected chi connectivity index (χ0v) is 11.9. The molecule has 0 N–H and O–H groups in total. The zero-order chi connectivity index (χ0) is 14.1. The van der Waals surface area contributed by atoms with Crippen molar-refractivity contribution >= 4 is 16.7 Å². The second kappa shape index (κ2) is 4.89. The van der Waals surface area contributed by atoms with Crippen molar-refractivity contribution in [2.75, 3.05) is 19.0 Å². The van der Waals surface area contributed by atoms with Gasteiger partial charge < -0.3 is 14.2 Å². The van der Waals surface area contributed by atoms with Gasteiger partial charge in [0.1, 0.15) is 11.5 Å². The number of benzene rings is 2. The van der Waals surface area contributed by atoms with Gasteiger partial charge in [-0.1, -0.05) is 6.07 Å². The first-order valence-corrected chi connectivity index (χ1v) is 6.50. The largest absolute Gasteiger partial charge is 0.457 e. The van der Waals surface area contributed by atoms with Gasteiger partial charge in [-0.15, -0.1) is 0 Å². The molecule has 0 unspecified atom stereocenters. The summed E-state index contributed by atoms with van der Waals surface area (Å²) in [6.07, 6.45) is 1.81. The number of aryl methyl sites for hydroxylation is 1. The number of hydrogen-bond acceptors (Lipinski definition) is 3. The molecule has 0 aliphatic heterocycles. The van der Waals surface area contributed by atoms with Gasteiger partial charge in [0.15, 0.2) is 0 Å². The summed E-state index contributed by atoms with van der Waals surface area (Å²) in [6.45, 7) is 0. The summed E-state index contributed by atoms with van der Waals surface area (Å²) in [7, 11) is 6.01. The van der Waals surface area contributed by atoms with Crippen molar-refractivity contribution in [3.8, 4) is 11.5 Å². The highest BCUT2D eigenvalue weighted by molar-refractivity contribution is 5.77. The molecule has 4 heteroatoms. The first-order valence-electron chi connectivity index (χ1n) is 6.50. The quantitative estimate of drug-likeness (QED) is 0.728. The van der Waals surface area contributed by atoms with E-state index in [2.05, 4.69) is 16.0 Å². The molecule has 0 aliphatic rings. The maximum atomic E-state index is 5.93. The fraction of sp³-hybridized carbons (Fsp3) is 0.188. The van der Waals surface area contributed by atoms with Crippen LogP contribution < -0.4 is 9.64 Å². The number of aromatic nitrogens is 2. The third-order valence-corrected chi connectivity index (χ3v) is 3.27. The van der Waals surface area contributed by atoms with Gasteiger partial charge in [-0.25, -0.2) is 4.98 Å². The number of ether oxygens (including phenoxy) is 1. The van der Waals surface area contributed by atoms with Gasteiger partial charge in [-0.2, -0.15) is 0 Å². The van der Waals surface area contributed by atoms with E-state index in [9.17, 15) is 0 Å². The van der Waals surface area contributed by atoms with Crippen LogP contribution >= 0.6 is 0 Å². The predicted octanol–water partition coefficient (Wildman–Crippen LogP) is 3.43. The second-order valence-electron chi connectivity index (χ2n) is 5.00. The summed E-state index contributed by atoms with van der Waals surface area (Å²) >= 11 is 0. The van der Waals surface area contributed by atoms with Gasteiger partial charge in [0, 0.05) is 39.0 Å². The molecule has 0 bridgehead atoms. The lowest BCUT2D eigenvalue weighted by Gasteiger charge is -2.14. The maximum absolute atomic E-state index is 5.93. The maximum Gasteiger partial charge on any atom is 0.129 e. The Morgan fingerprint density at radius 1 is 1.05 bits per heavy atom. The molecule has 1 heterocycles. The molecule has 0 saturated carbocycles. The van der Waals surface area contributed by atoms with Crippen LogP contribution in [0.1, 0.15) is 0 Å². The van der Waals surface area contributed by atoms with Crippen molar-refractivity contribution in [3.05, 3.63) is 48.8 Å². The zero-order valence-electron chi connectivity index (χ0n) is 11.9. The Morgan fingerprint density at radius 2 is 1.85 bits per heavy atom. The van der Waals surface area contributed by atoms with Crippen LogP contribution in [0.5, 0.6) is 11.5 Å². The van der Waals surface area contributed by atoms with E-state index in [0.717, 1.165) is 28.2 Å². The summed E-state index contributed by atoms with van der Waals surface area (Å²) in [4.78, 5) is 6.36. The van der Waals surface area contributed by atoms with Crippen LogP contribution in [0.3, 0.4) is 0 Å². The van der Waals surface area contributed by atoms with E-state index in [1.807, 2.05) is 62.1 Å². The molecule has 0 fully saturated rings. The van der Waals surface area contributed by atoms with Crippen LogP contribution in [0.2, 0.25) is 0 Å². The fourth-order valence-electron chi connectivity index (χ4n) is 2.13. The van der Waals surface area contributed by atoms with Gasteiger partial charge in [0.05, 0.1) is 17.4 Å². The number of hydrogen-bond donors (Lipinski definition) is 0. The summed E-state index contributed by atoms with van der Waals surface area (Å²) in [5.41, 5.74) is 3.15.